The number of para-hydroxylation sites is 3. The molecule has 9 aromatic carbocycles. The minimum Gasteiger partial charge on any atom is -0.309 e. The van der Waals surface area contributed by atoms with E-state index >= 15 is 0 Å². The van der Waals surface area contributed by atoms with Crippen LogP contribution in [0.15, 0.2) is 212 Å². The summed E-state index contributed by atoms with van der Waals surface area (Å²) in [7, 11) is 0. The zero-order chi connectivity index (χ0) is 40.3. The van der Waals surface area contributed by atoms with Gasteiger partial charge in [0.25, 0.3) is 0 Å². The first-order valence-corrected chi connectivity index (χ1v) is 20.6. The van der Waals surface area contributed by atoms with E-state index < -0.39 is 0 Å². The summed E-state index contributed by atoms with van der Waals surface area (Å²) in [6.07, 6.45) is 0. The van der Waals surface area contributed by atoms with E-state index in [1.807, 2.05) is 60.7 Å². The van der Waals surface area contributed by atoms with E-state index in [-0.39, 0.29) is 0 Å². The summed E-state index contributed by atoms with van der Waals surface area (Å²) in [4.78, 5) is 20.2. The zero-order valence-electron chi connectivity index (χ0n) is 32.9. The van der Waals surface area contributed by atoms with E-state index in [2.05, 4.69) is 156 Å². The fourth-order valence-corrected chi connectivity index (χ4v) is 8.89. The normalized spacial score (nSPS) is 11.6. The molecule has 0 spiro atoms. The van der Waals surface area contributed by atoms with E-state index in [1.165, 1.54) is 21.7 Å². The highest BCUT2D eigenvalue weighted by Gasteiger charge is 2.20. The van der Waals surface area contributed by atoms with Crippen LogP contribution in [0.2, 0.25) is 0 Å². The molecule has 0 aliphatic rings. The van der Waals surface area contributed by atoms with Crippen molar-refractivity contribution in [2.24, 2.45) is 0 Å². The second-order valence-corrected chi connectivity index (χ2v) is 15.4. The van der Waals surface area contributed by atoms with Crippen LogP contribution in [0.4, 0.5) is 0 Å². The third-order valence-corrected chi connectivity index (χ3v) is 11.8. The average Bonchev–Trinajstić information content (AvgIpc) is 3.67. The van der Waals surface area contributed by atoms with Gasteiger partial charge in [0.2, 0.25) is 0 Å². The maximum atomic E-state index is 5.27. The van der Waals surface area contributed by atoms with Crippen molar-refractivity contribution in [2.45, 2.75) is 0 Å². The van der Waals surface area contributed by atoms with Gasteiger partial charge < -0.3 is 4.57 Å². The van der Waals surface area contributed by atoms with E-state index in [1.54, 1.807) is 0 Å². The van der Waals surface area contributed by atoms with Crippen molar-refractivity contribution in [1.82, 2.24) is 24.5 Å². The van der Waals surface area contributed by atoms with Gasteiger partial charge in [0, 0.05) is 55.0 Å². The van der Waals surface area contributed by atoms with Crippen molar-refractivity contribution in [2.75, 3.05) is 0 Å². The third kappa shape index (κ3) is 5.94. The van der Waals surface area contributed by atoms with Crippen molar-refractivity contribution < 1.29 is 0 Å². The highest BCUT2D eigenvalue weighted by molar-refractivity contribution is 6.22. The van der Waals surface area contributed by atoms with Crippen molar-refractivity contribution in [3.8, 4) is 62.2 Å². The van der Waals surface area contributed by atoms with Gasteiger partial charge in [-0.15, -0.1) is 0 Å². The van der Waals surface area contributed by atoms with E-state index in [4.69, 9.17) is 19.9 Å². The molecule has 0 atom stereocenters. The van der Waals surface area contributed by atoms with Crippen molar-refractivity contribution >= 4 is 54.3 Å². The van der Waals surface area contributed by atoms with E-state index in [0.29, 0.717) is 17.5 Å². The molecule has 0 fully saturated rings. The molecule has 0 N–H and O–H groups in total. The highest BCUT2D eigenvalue weighted by Crippen LogP contribution is 2.43. The van der Waals surface area contributed by atoms with Gasteiger partial charge >= 0.3 is 0 Å². The predicted octanol–water partition coefficient (Wildman–Crippen LogP) is 14.2. The summed E-state index contributed by atoms with van der Waals surface area (Å²) >= 11 is 0. The molecule has 0 saturated heterocycles. The molecule has 5 heteroatoms. The van der Waals surface area contributed by atoms with Crippen LogP contribution >= 0.6 is 0 Å². The molecule has 0 saturated carbocycles. The lowest BCUT2D eigenvalue weighted by atomic mass is 9.96. The van der Waals surface area contributed by atoms with Gasteiger partial charge in [-0.2, -0.15) is 0 Å². The first-order valence-electron chi connectivity index (χ1n) is 20.6. The molecular weight excluding hydrogens is 743 g/mol. The van der Waals surface area contributed by atoms with E-state index in [0.717, 1.165) is 77.3 Å². The lowest BCUT2D eigenvalue weighted by Gasteiger charge is -2.14. The average molecular weight is 778 g/mol. The van der Waals surface area contributed by atoms with Gasteiger partial charge in [0.05, 0.1) is 22.2 Å². The maximum Gasteiger partial charge on any atom is 0.164 e. The Morgan fingerprint density at radius 3 is 1.52 bits per heavy atom. The van der Waals surface area contributed by atoms with Crippen LogP contribution in [0.25, 0.3) is 116 Å². The molecule has 0 radical (unpaired) electrons. The molecule has 61 heavy (non-hydrogen) atoms. The van der Waals surface area contributed by atoms with Gasteiger partial charge in [0.1, 0.15) is 0 Å². The summed E-state index contributed by atoms with van der Waals surface area (Å²) < 4.78 is 2.44. The minimum atomic E-state index is 0.640. The lowest BCUT2D eigenvalue weighted by molar-refractivity contribution is 1.07. The first kappa shape index (κ1) is 34.7. The van der Waals surface area contributed by atoms with Crippen LogP contribution in [-0.4, -0.2) is 24.5 Å². The summed E-state index contributed by atoms with van der Waals surface area (Å²) in [6, 6.07) is 74.7. The van der Waals surface area contributed by atoms with Gasteiger partial charge in [-0.3, -0.25) is 0 Å². The van der Waals surface area contributed by atoms with Crippen molar-refractivity contribution in [3.63, 3.8) is 0 Å². The highest BCUT2D eigenvalue weighted by atomic mass is 15.0. The summed E-state index contributed by atoms with van der Waals surface area (Å²) in [5.41, 5.74) is 11.6. The number of hydrogen-bond acceptors (Lipinski definition) is 4. The predicted molar refractivity (Wildman–Crippen MR) is 252 cm³/mol. The Kier molecular flexibility index (Phi) is 8.10. The Hall–Kier alpha value is -8.28. The number of fused-ring (bicyclic) bond motifs is 7. The minimum absolute atomic E-state index is 0.640. The molecule has 284 valence electrons. The fraction of sp³-hybridized carbons (Fsp3) is 0. The Labute approximate surface area is 351 Å². The summed E-state index contributed by atoms with van der Waals surface area (Å²) in [5.74, 6) is 1.94. The second-order valence-electron chi connectivity index (χ2n) is 15.4. The number of hydrogen-bond donors (Lipinski definition) is 0. The number of pyridine rings is 1. The number of rotatable bonds is 6. The van der Waals surface area contributed by atoms with E-state index in [9.17, 15) is 0 Å². The molecule has 0 aliphatic carbocycles. The molecule has 0 amide bonds. The molecule has 3 heterocycles. The molecule has 0 aliphatic heterocycles. The SMILES string of the molecule is c1ccc(-c2nc(-c3ccccc3)nc(-c3ccc4cc(-c5cccc6c7cc8c(cc7n(-c7ccccc7)c56)c(-c5ccccc5)nc5ccccc58)ccc4c3)n2)cc1. The lowest BCUT2D eigenvalue weighted by Crippen LogP contribution is -2.00. The van der Waals surface area contributed by atoms with Gasteiger partial charge in [0.15, 0.2) is 17.5 Å². The Morgan fingerprint density at radius 2 is 0.852 bits per heavy atom. The van der Waals surface area contributed by atoms with Crippen LogP contribution < -0.4 is 0 Å². The van der Waals surface area contributed by atoms with Gasteiger partial charge in [-0.25, -0.2) is 19.9 Å². The quantitative estimate of drug-likeness (QED) is 0.158. The van der Waals surface area contributed by atoms with Crippen LogP contribution in [0.3, 0.4) is 0 Å². The third-order valence-electron chi connectivity index (χ3n) is 11.8. The van der Waals surface area contributed by atoms with Crippen LogP contribution in [0.1, 0.15) is 0 Å². The maximum absolute atomic E-state index is 5.27. The number of nitrogens with zero attached hydrogens (tertiary/aromatic N) is 5. The number of aromatic nitrogens is 5. The molecule has 0 bridgehead atoms. The standard InChI is InChI=1S/C56H35N5/c1-5-16-36(17-6-1)52-49-35-51-48(34-47(49)45-24-13-14-27-50(45)57-52)46-26-15-25-44(53(46)61(51)43-22-11-4-12-23-43)41-30-28-40-33-42(31-29-39(40)32-41)56-59-54(37-18-7-2-8-19-37)58-55(60-56)38-20-9-3-10-21-38/h1-35H. The van der Waals surface area contributed by atoms with Gasteiger partial charge in [-0.1, -0.05) is 170 Å². The van der Waals surface area contributed by atoms with Crippen LogP contribution in [0, 0.1) is 0 Å². The largest absolute Gasteiger partial charge is 0.309 e. The Balaban J connectivity index is 1.05. The monoisotopic (exact) mass is 777 g/mol. The summed E-state index contributed by atoms with van der Waals surface area (Å²) in [5, 5.41) is 8.13. The first-order chi connectivity index (χ1) is 30.2. The van der Waals surface area contributed by atoms with Crippen molar-refractivity contribution in [3.05, 3.63) is 212 Å². The molecular formula is C56H35N5. The fourth-order valence-electron chi connectivity index (χ4n) is 8.89. The topological polar surface area (TPSA) is 56.5 Å². The van der Waals surface area contributed by atoms with Gasteiger partial charge in [-0.05, 0) is 64.2 Å². The second kappa shape index (κ2) is 14.2. The molecule has 12 rings (SSSR count). The van der Waals surface area contributed by atoms with Crippen molar-refractivity contribution in [1.29, 1.82) is 0 Å². The van der Waals surface area contributed by atoms with Crippen LogP contribution in [-0.2, 0) is 0 Å². The smallest absolute Gasteiger partial charge is 0.164 e. The van der Waals surface area contributed by atoms with Crippen LogP contribution in [0.5, 0.6) is 0 Å². The Morgan fingerprint density at radius 1 is 0.311 bits per heavy atom. The molecule has 0 unspecified atom stereocenters. The molecule has 3 aromatic heterocycles. The Bertz CT molecular complexity index is 3560. The number of benzene rings is 9. The zero-order valence-corrected chi connectivity index (χ0v) is 32.9. The molecule has 12 aromatic rings. The molecule has 5 nitrogen and oxygen atoms in total. The summed E-state index contributed by atoms with van der Waals surface area (Å²) in [6.45, 7) is 0.